The van der Waals surface area contributed by atoms with E-state index in [1.807, 2.05) is 0 Å². The van der Waals surface area contributed by atoms with Gasteiger partial charge in [-0.15, -0.1) is 5.10 Å². The summed E-state index contributed by atoms with van der Waals surface area (Å²) >= 11 is 0. The van der Waals surface area contributed by atoms with Crippen LogP contribution in [-0.4, -0.2) is 46.0 Å². The molecule has 1 aromatic rings. The number of tetrazole rings is 1. The monoisotopic (exact) mass is 197 g/mol. The third-order valence-corrected chi connectivity index (χ3v) is 2.74. The van der Waals surface area contributed by atoms with Gasteiger partial charge in [0, 0.05) is 26.7 Å². The predicted molar refractivity (Wildman–Crippen MR) is 49.7 cm³/mol. The first-order valence-corrected chi connectivity index (χ1v) is 4.81. The molecule has 0 atom stereocenters. The molecule has 0 aromatic carbocycles. The van der Waals surface area contributed by atoms with Gasteiger partial charge in [-0.05, 0) is 23.3 Å². The normalized spacial score (nSPS) is 19.2. The summed E-state index contributed by atoms with van der Waals surface area (Å²) in [7, 11) is 1.78. The van der Waals surface area contributed by atoms with Gasteiger partial charge in [0.05, 0.1) is 5.60 Å². The van der Waals surface area contributed by atoms with Crippen LogP contribution in [0.1, 0.15) is 12.8 Å². The minimum atomic E-state index is 0.0635. The second kappa shape index (κ2) is 4.02. The van der Waals surface area contributed by atoms with Gasteiger partial charge in [-0.1, -0.05) is 0 Å². The first-order chi connectivity index (χ1) is 6.85. The molecule has 0 aliphatic carbocycles. The topological polar surface area (TPSA) is 64.9 Å². The smallest absolute Gasteiger partial charge is 0.138 e. The lowest BCUT2D eigenvalue weighted by molar-refractivity contribution is -0.0589. The first-order valence-electron chi connectivity index (χ1n) is 4.81. The quantitative estimate of drug-likeness (QED) is 0.685. The highest BCUT2D eigenvalue weighted by atomic mass is 16.5. The molecule has 78 valence electrons. The molecule has 2 heterocycles. The summed E-state index contributed by atoms with van der Waals surface area (Å²) in [6, 6.07) is 0. The Kier molecular flexibility index (Phi) is 2.74. The Balaban J connectivity index is 1.72. The van der Waals surface area contributed by atoms with Gasteiger partial charge >= 0.3 is 0 Å². The SMILES string of the molecule is COC1(CCCn2cnnn2)CNC1. The van der Waals surface area contributed by atoms with Crippen molar-refractivity contribution in [3.8, 4) is 0 Å². The molecule has 0 bridgehead atoms. The predicted octanol–water partition coefficient (Wildman–Crippen LogP) is -0.558. The van der Waals surface area contributed by atoms with Crippen molar-refractivity contribution in [1.29, 1.82) is 0 Å². The Morgan fingerprint density at radius 2 is 2.43 bits per heavy atom. The maximum absolute atomic E-state index is 5.47. The Bertz CT molecular complexity index is 264. The Hall–Kier alpha value is -1.01. The molecule has 2 rings (SSSR count). The fourth-order valence-corrected chi connectivity index (χ4v) is 1.67. The van der Waals surface area contributed by atoms with Gasteiger partial charge in [-0.25, -0.2) is 4.68 Å². The highest BCUT2D eigenvalue weighted by molar-refractivity contribution is 4.93. The molecule has 6 heteroatoms. The minimum Gasteiger partial charge on any atom is -0.376 e. The van der Waals surface area contributed by atoms with E-state index in [1.165, 1.54) is 0 Å². The molecular formula is C8H15N5O. The number of hydrogen-bond donors (Lipinski definition) is 1. The van der Waals surface area contributed by atoms with E-state index in [0.717, 1.165) is 32.5 Å². The molecule has 1 aliphatic rings. The molecule has 14 heavy (non-hydrogen) atoms. The summed E-state index contributed by atoms with van der Waals surface area (Å²) < 4.78 is 7.22. The van der Waals surface area contributed by atoms with Crippen LogP contribution in [0.5, 0.6) is 0 Å². The van der Waals surface area contributed by atoms with Crippen LogP contribution in [0.25, 0.3) is 0 Å². The lowest BCUT2D eigenvalue weighted by Crippen LogP contribution is -2.60. The minimum absolute atomic E-state index is 0.0635. The summed E-state index contributed by atoms with van der Waals surface area (Å²) in [5.74, 6) is 0. The molecule has 0 saturated carbocycles. The van der Waals surface area contributed by atoms with Crippen molar-refractivity contribution in [1.82, 2.24) is 25.5 Å². The van der Waals surface area contributed by atoms with Gasteiger partial charge in [0.25, 0.3) is 0 Å². The zero-order valence-corrected chi connectivity index (χ0v) is 8.31. The number of rotatable bonds is 5. The second-order valence-electron chi connectivity index (χ2n) is 3.67. The first kappa shape index (κ1) is 9.54. The van der Waals surface area contributed by atoms with Crippen molar-refractivity contribution in [2.45, 2.75) is 25.0 Å². The van der Waals surface area contributed by atoms with Gasteiger partial charge in [-0.2, -0.15) is 0 Å². The number of aryl methyl sites for hydroxylation is 1. The molecule has 1 N–H and O–H groups in total. The fraction of sp³-hybridized carbons (Fsp3) is 0.875. The molecule has 1 aliphatic heterocycles. The zero-order valence-electron chi connectivity index (χ0n) is 8.31. The largest absolute Gasteiger partial charge is 0.376 e. The van der Waals surface area contributed by atoms with Crippen molar-refractivity contribution in [2.75, 3.05) is 20.2 Å². The van der Waals surface area contributed by atoms with Gasteiger partial charge in [0.1, 0.15) is 6.33 Å². The Morgan fingerprint density at radius 1 is 1.57 bits per heavy atom. The van der Waals surface area contributed by atoms with Gasteiger partial charge in [0.2, 0.25) is 0 Å². The van der Waals surface area contributed by atoms with Crippen LogP contribution in [0.3, 0.4) is 0 Å². The maximum Gasteiger partial charge on any atom is 0.138 e. The summed E-state index contributed by atoms with van der Waals surface area (Å²) in [6.45, 7) is 2.77. The third kappa shape index (κ3) is 1.91. The van der Waals surface area contributed by atoms with E-state index >= 15 is 0 Å². The molecule has 0 radical (unpaired) electrons. The number of methoxy groups -OCH3 is 1. The lowest BCUT2D eigenvalue weighted by atomic mass is 9.91. The Labute approximate surface area is 82.6 Å². The number of ether oxygens (including phenoxy) is 1. The molecule has 1 saturated heterocycles. The van der Waals surface area contributed by atoms with E-state index in [0.29, 0.717) is 0 Å². The van der Waals surface area contributed by atoms with Crippen LogP contribution in [0.2, 0.25) is 0 Å². The number of nitrogens with zero attached hydrogens (tertiary/aromatic N) is 4. The molecule has 0 amide bonds. The van der Waals surface area contributed by atoms with Crippen molar-refractivity contribution in [2.24, 2.45) is 0 Å². The lowest BCUT2D eigenvalue weighted by Gasteiger charge is -2.41. The van der Waals surface area contributed by atoms with Crippen LogP contribution < -0.4 is 5.32 Å². The van der Waals surface area contributed by atoms with Crippen molar-refractivity contribution in [3.05, 3.63) is 6.33 Å². The second-order valence-corrected chi connectivity index (χ2v) is 3.67. The zero-order chi connectivity index (χ0) is 9.86. The molecular weight excluding hydrogens is 182 g/mol. The highest BCUT2D eigenvalue weighted by Gasteiger charge is 2.35. The van der Waals surface area contributed by atoms with E-state index in [-0.39, 0.29) is 5.60 Å². The molecule has 1 aromatic heterocycles. The summed E-state index contributed by atoms with van der Waals surface area (Å²) in [5.41, 5.74) is 0.0635. The summed E-state index contributed by atoms with van der Waals surface area (Å²) in [6.07, 6.45) is 3.73. The van der Waals surface area contributed by atoms with Crippen LogP contribution in [-0.2, 0) is 11.3 Å². The van der Waals surface area contributed by atoms with E-state index in [4.69, 9.17) is 4.74 Å². The molecule has 6 nitrogen and oxygen atoms in total. The number of nitrogens with one attached hydrogen (secondary N) is 1. The van der Waals surface area contributed by atoms with E-state index in [1.54, 1.807) is 18.1 Å². The fourth-order valence-electron chi connectivity index (χ4n) is 1.67. The molecule has 0 unspecified atom stereocenters. The van der Waals surface area contributed by atoms with Crippen LogP contribution in [0.15, 0.2) is 6.33 Å². The Morgan fingerprint density at radius 3 is 2.93 bits per heavy atom. The van der Waals surface area contributed by atoms with Crippen molar-refractivity contribution < 1.29 is 4.74 Å². The average Bonchev–Trinajstić information content (AvgIpc) is 2.62. The van der Waals surface area contributed by atoms with E-state index < -0.39 is 0 Å². The average molecular weight is 197 g/mol. The van der Waals surface area contributed by atoms with Gasteiger partial charge in [0.15, 0.2) is 0 Å². The highest BCUT2D eigenvalue weighted by Crippen LogP contribution is 2.21. The van der Waals surface area contributed by atoms with Gasteiger partial charge < -0.3 is 10.1 Å². The van der Waals surface area contributed by atoms with E-state index in [2.05, 4.69) is 20.8 Å². The van der Waals surface area contributed by atoms with Gasteiger partial charge in [-0.3, -0.25) is 0 Å². The molecule has 1 fully saturated rings. The summed E-state index contributed by atoms with van der Waals surface area (Å²) in [5, 5.41) is 14.2. The molecule has 0 spiro atoms. The summed E-state index contributed by atoms with van der Waals surface area (Å²) in [4.78, 5) is 0. The number of hydrogen-bond acceptors (Lipinski definition) is 5. The third-order valence-electron chi connectivity index (χ3n) is 2.74. The van der Waals surface area contributed by atoms with Crippen LogP contribution in [0.4, 0.5) is 0 Å². The van der Waals surface area contributed by atoms with Crippen molar-refractivity contribution in [3.63, 3.8) is 0 Å². The van der Waals surface area contributed by atoms with Crippen molar-refractivity contribution >= 4 is 0 Å². The van der Waals surface area contributed by atoms with Crippen LogP contribution in [0, 0.1) is 0 Å². The maximum atomic E-state index is 5.47. The number of aromatic nitrogens is 4. The standard InChI is InChI=1S/C8H15N5O/c1-14-8(5-9-6-8)3-2-4-13-7-10-11-12-13/h7,9H,2-6H2,1H3. The van der Waals surface area contributed by atoms with Crippen LogP contribution >= 0.6 is 0 Å². The van der Waals surface area contributed by atoms with E-state index in [9.17, 15) is 0 Å².